The molecule has 1 N–H and O–H groups in total. The zero-order valence-corrected chi connectivity index (χ0v) is 28.0. The van der Waals surface area contributed by atoms with E-state index >= 15 is 4.39 Å². The van der Waals surface area contributed by atoms with Gasteiger partial charge in [0.25, 0.3) is 10.0 Å². The van der Waals surface area contributed by atoms with Crippen molar-refractivity contribution >= 4 is 39.1 Å². The Morgan fingerprint density at radius 3 is 2.20 bits per heavy atom. The van der Waals surface area contributed by atoms with Crippen LogP contribution in [0.5, 0.6) is 0 Å². The largest absolute Gasteiger partial charge is 0.352 e. The van der Waals surface area contributed by atoms with Crippen LogP contribution >= 0.6 is 11.6 Å². The van der Waals surface area contributed by atoms with Crippen molar-refractivity contribution in [2.24, 2.45) is 0 Å². The van der Waals surface area contributed by atoms with Crippen LogP contribution in [0.4, 0.5) is 10.1 Å². The average Bonchev–Trinajstić information content (AvgIpc) is 3.04. The molecule has 10 heteroatoms. The van der Waals surface area contributed by atoms with Gasteiger partial charge in [-0.15, -0.1) is 0 Å². The maximum absolute atomic E-state index is 15.1. The number of nitrogens with one attached hydrogen (secondary N) is 1. The number of sulfonamides is 1. The summed E-state index contributed by atoms with van der Waals surface area (Å²) in [4.78, 5) is 29.7. The van der Waals surface area contributed by atoms with Crippen molar-refractivity contribution in [3.05, 3.63) is 130 Å². The Hall–Kier alpha value is -4.21. The first-order valence-electron chi connectivity index (χ1n) is 15.1. The van der Waals surface area contributed by atoms with Gasteiger partial charge in [0.1, 0.15) is 18.4 Å². The normalized spacial score (nSPS) is 12.7. The quantitative estimate of drug-likeness (QED) is 0.170. The van der Waals surface area contributed by atoms with Gasteiger partial charge in [0, 0.05) is 29.6 Å². The molecule has 0 radical (unpaired) electrons. The van der Waals surface area contributed by atoms with Gasteiger partial charge in [-0.2, -0.15) is 0 Å². The van der Waals surface area contributed by atoms with E-state index in [1.54, 1.807) is 55.5 Å². The van der Waals surface area contributed by atoms with Crippen LogP contribution in [0.25, 0.3) is 0 Å². The summed E-state index contributed by atoms with van der Waals surface area (Å²) in [6.07, 6.45) is 0.784. The number of anilines is 1. The van der Waals surface area contributed by atoms with Crippen molar-refractivity contribution in [1.82, 2.24) is 10.2 Å². The Bertz CT molecular complexity index is 1770. The van der Waals surface area contributed by atoms with E-state index in [-0.39, 0.29) is 35.2 Å². The summed E-state index contributed by atoms with van der Waals surface area (Å²) in [5.41, 5.74) is 2.53. The highest BCUT2D eigenvalue weighted by Gasteiger charge is 2.35. The maximum atomic E-state index is 15.1. The molecule has 4 rings (SSSR count). The fourth-order valence-electron chi connectivity index (χ4n) is 5.02. The van der Waals surface area contributed by atoms with Crippen molar-refractivity contribution in [3.8, 4) is 0 Å². The lowest BCUT2D eigenvalue weighted by molar-refractivity contribution is -0.140. The number of carbonyl (C=O) groups is 2. The van der Waals surface area contributed by atoms with Crippen molar-refractivity contribution in [2.45, 2.75) is 64.1 Å². The van der Waals surface area contributed by atoms with Gasteiger partial charge < -0.3 is 10.2 Å². The van der Waals surface area contributed by atoms with E-state index in [0.717, 1.165) is 15.4 Å². The summed E-state index contributed by atoms with van der Waals surface area (Å²) in [7, 11) is -4.29. The molecule has 4 aromatic carbocycles. The number of nitrogens with zero attached hydrogens (tertiary/aromatic N) is 2. The predicted octanol–water partition coefficient (Wildman–Crippen LogP) is 6.85. The molecule has 0 saturated heterocycles. The molecule has 0 aromatic heterocycles. The monoisotopic (exact) mass is 663 g/mol. The van der Waals surface area contributed by atoms with E-state index in [2.05, 4.69) is 5.32 Å². The SMILES string of the molecule is CC[C@H](C)NC(=O)[C@@H](Cc1ccccc1)N(Cc1ccccc1F)C(=O)CN(c1cccc(Cl)c1C)S(=O)(=O)c1ccc(C)cc1. The molecular weight excluding hydrogens is 625 g/mol. The van der Waals surface area contributed by atoms with Gasteiger partial charge in [-0.1, -0.05) is 90.8 Å². The second-order valence-corrected chi connectivity index (χ2v) is 13.6. The minimum atomic E-state index is -4.29. The molecule has 0 fully saturated rings. The first kappa shape index (κ1) is 34.7. The third-order valence-corrected chi connectivity index (χ3v) is 10.1. The second-order valence-electron chi connectivity index (χ2n) is 11.3. The van der Waals surface area contributed by atoms with Crippen molar-refractivity contribution < 1.29 is 22.4 Å². The minimum Gasteiger partial charge on any atom is -0.352 e. The molecule has 2 atom stereocenters. The number of amides is 2. The van der Waals surface area contributed by atoms with E-state index in [1.165, 1.54) is 23.1 Å². The standard InChI is InChI=1S/C36H39ClFN3O4S/c1-5-26(3)39-36(43)34(22-28-12-7-6-8-13-28)40(23-29-14-9-10-16-32(29)38)35(42)24-41(33-17-11-15-31(37)27(33)4)46(44,45)30-20-18-25(2)19-21-30/h6-21,26,34H,5,22-24H2,1-4H3,(H,39,43)/t26-,34+/m0/s1. The number of carbonyl (C=O) groups excluding carboxylic acids is 2. The van der Waals surface area contributed by atoms with Gasteiger partial charge in [-0.25, -0.2) is 12.8 Å². The summed E-state index contributed by atoms with van der Waals surface area (Å²) in [6, 6.07) is 25.1. The first-order valence-corrected chi connectivity index (χ1v) is 17.0. The Labute approximate surface area is 276 Å². The fraction of sp³-hybridized carbons (Fsp3) is 0.278. The highest BCUT2D eigenvalue weighted by molar-refractivity contribution is 7.92. The smallest absolute Gasteiger partial charge is 0.264 e. The lowest BCUT2D eigenvalue weighted by Crippen LogP contribution is -2.54. The van der Waals surface area contributed by atoms with Crippen LogP contribution in [-0.4, -0.2) is 43.8 Å². The molecule has 0 aliphatic rings. The lowest BCUT2D eigenvalue weighted by Gasteiger charge is -2.34. The van der Waals surface area contributed by atoms with E-state index in [4.69, 9.17) is 11.6 Å². The Balaban J connectivity index is 1.85. The lowest BCUT2D eigenvalue weighted by atomic mass is 10.0. The number of hydrogen-bond donors (Lipinski definition) is 1. The van der Waals surface area contributed by atoms with E-state index in [1.807, 2.05) is 51.1 Å². The number of rotatable bonds is 13. The number of aryl methyl sites for hydroxylation is 1. The first-order chi connectivity index (χ1) is 21.9. The molecule has 242 valence electrons. The highest BCUT2D eigenvalue weighted by atomic mass is 35.5. The van der Waals surface area contributed by atoms with E-state index < -0.39 is 40.2 Å². The van der Waals surface area contributed by atoms with Crippen LogP contribution in [0.2, 0.25) is 5.02 Å². The van der Waals surface area contributed by atoms with Gasteiger partial charge in [-0.3, -0.25) is 13.9 Å². The van der Waals surface area contributed by atoms with Crippen LogP contribution in [-0.2, 0) is 32.6 Å². The van der Waals surface area contributed by atoms with Crippen LogP contribution in [0.1, 0.15) is 42.5 Å². The summed E-state index contributed by atoms with van der Waals surface area (Å²) in [5.74, 6) is -1.65. The topological polar surface area (TPSA) is 86.8 Å². The average molecular weight is 664 g/mol. The number of halogens is 2. The Morgan fingerprint density at radius 1 is 0.891 bits per heavy atom. The molecule has 0 spiro atoms. The van der Waals surface area contributed by atoms with Gasteiger partial charge in [-0.05, 0) is 68.7 Å². The van der Waals surface area contributed by atoms with E-state index in [0.29, 0.717) is 17.0 Å². The minimum absolute atomic E-state index is 0.0127. The molecule has 2 amide bonds. The van der Waals surface area contributed by atoms with Gasteiger partial charge in [0.05, 0.1) is 10.6 Å². The zero-order chi connectivity index (χ0) is 33.4. The molecule has 4 aromatic rings. The molecule has 0 heterocycles. The Morgan fingerprint density at radius 2 is 1.54 bits per heavy atom. The third-order valence-electron chi connectivity index (χ3n) is 7.97. The van der Waals surface area contributed by atoms with Crippen LogP contribution in [0.15, 0.2) is 102 Å². The van der Waals surface area contributed by atoms with Gasteiger partial charge in [0.2, 0.25) is 11.8 Å². The second kappa shape index (κ2) is 15.4. The van der Waals surface area contributed by atoms with Crippen molar-refractivity contribution in [2.75, 3.05) is 10.8 Å². The van der Waals surface area contributed by atoms with E-state index in [9.17, 15) is 18.0 Å². The molecule has 46 heavy (non-hydrogen) atoms. The van der Waals surface area contributed by atoms with Crippen LogP contribution in [0, 0.1) is 19.7 Å². The van der Waals surface area contributed by atoms with Crippen molar-refractivity contribution in [1.29, 1.82) is 0 Å². The predicted molar refractivity (Wildman–Crippen MR) is 181 cm³/mol. The number of benzene rings is 4. The zero-order valence-electron chi connectivity index (χ0n) is 26.4. The molecule has 0 bridgehead atoms. The van der Waals surface area contributed by atoms with Crippen LogP contribution in [0.3, 0.4) is 0 Å². The fourth-order valence-corrected chi connectivity index (χ4v) is 6.66. The Kier molecular flexibility index (Phi) is 11.6. The van der Waals surface area contributed by atoms with Crippen molar-refractivity contribution in [3.63, 3.8) is 0 Å². The summed E-state index contributed by atoms with van der Waals surface area (Å²) >= 11 is 6.43. The number of hydrogen-bond acceptors (Lipinski definition) is 4. The molecule has 0 aliphatic carbocycles. The van der Waals surface area contributed by atoms with Gasteiger partial charge in [0.15, 0.2) is 0 Å². The molecule has 0 unspecified atom stereocenters. The maximum Gasteiger partial charge on any atom is 0.264 e. The highest BCUT2D eigenvalue weighted by Crippen LogP contribution is 2.31. The summed E-state index contributed by atoms with van der Waals surface area (Å²) < 4.78 is 44.6. The van der Waals surface area contributed by atoms with Gasteiger partial charge >= 0.3 is 0 Å². The molecule has 0 saturated carbocycles. The molecule has 7 nitrogen and oxygen atoms in total. The molecule has 0 aliphatic heterocycles. The summed E-state index contributed by atoms with van der Waals surface area (Å²) in [6.45, 7) is 6.39. The van der Waals surface area contributed by atoms with Crippen LogP contribution < -0.4 is 9.62 Å². The molecular formula is C36H39ClFN3O4S. The summed E-state index contributed by atoms with van der Waals surface area (Å²) in [5, 5.41) is 3.30. The third kappa shape index (κ3) is 8.33.